The van der Waals surface area contributed by atoms with Crippen LogP contribution in [0.25, 0.3) is 123 Å². The lowest BCUT2D eigenvalue weighted by molar-refractivity contribution is 0.954. The van der Waals surface area contributed by atoms with Crippen molar-refractivity contribution in [3.63, 3.8) is 0 Å². The Kier molecular flexibility index (Phi) is 9.31. The highest BCUT2D eigenvalue weighted by molar-refractivity contribution is 6.28. The van der Waals surface area contributed by atoms with Crippen LogP contribution in [0.5, 0.6) is 0 Å². The predicted molar refractivity (Wildman–Crippen MR) is 275 cm³/mol. The fraction of sp³-hybridized carbons (Fsp3) is 0. The number of fused-ring (bicyclic) bond motifs is 7. The van der Waals surface area contributed by atoms with Crippen LogP contribution in [0.2, 0.25) is 0 Å². The van der Waals surface area contributed by atoms with Crippen LogP contribution >= 0.6 is 0 Å². The standard InChI is InChI=1S/C60H38N8/c1-5-19-39(20-6-1)45-27-13-14-28-46(45)59-64-58(42-25-11-4-12-26-42)65-60(66-59)68-50-32-18-16-30-48(50)54-52(68)38-37-51-53(54)47-29-15-17-31-49(47)67(51)44-35-33-43(34-36-44)57-62-55(40-21-7-2-8-22-40)61-56(63-57)41-23-9-3-10-24-41/h1-38H. The third kappa shape index (κ3) is 6.62. The van der Waals surface area contributed by atoms with Crippen LogP contribution < -0.4 is 0 Å². The van der Waals surface area contributed by atoms with Gasteiger partial charge in [-0.05, 0) is 59.7 Å². The summed E-state index contributed by atoms with van der Waals surface area (Å²) in [7, 11) is 0. The number of aromatic nitrogens is 8. The van der Waals surface area contributed by atoms with Crippen molar-refractivity contribution in [3.05, 3.63) is 231 Å². The SMILES string of the molecule is c1ccc(-c2nc(-c3ccccc3)nc(-c3ccc(-n4c5ccccc5c5c6c7ccccc7n(-c7nc(-c8ccccc8)nc(-c8ccccc8-c8ccccc8)n7)c6ccc54)cc3)n2)cc1. The highest BCUT2D eigenvalue weighted by Gasteiger charge is 2.23. The van der Waals surface area contributed by atoms with Crippen LogP contribution in [0.3, 0.4) is 0 Å². The zero-order valence-corrected chi connectivity index (χ0v) is 36.5. The second-order valence-electron chi connectivity index (χ2n) is 16.7. The molecule has 0 amide bonds. The van der Waals surface area contributed by atoms with E-state index in [0.29, 0.717) is 35.1 Å². The third-order valence-electron chi connectivity index (χ3n) is 12.7. The van der Waals surface area contributed by atoms with Crippen molar-refractivity contribution >= 4 is 43.6 Å². The minimum Gasteiger partial charge on any atom is -0.309 e. The number of nitrogens with zero attached hydrogens (tertiary/aromatic N) is 8. The third-order valence-corrected chi connectivity index (χ3v) is 12.7. The summed E-state index contributed by atoms with van der Waals surface area (Å²) in [6.45, 7) is 0. The molecule has 318 valence electrons. The smallest absolute Gasteiger partial charge is 0.238 e. The van der Waals surface area contributed by atoms with E-state index in [1.807, 2.05) is 91.0 Å². The summed E-state index contributed by atoms with van der Waals surface area (Å²) in [5, 5.41) is 4.54. The van der Waals surface area contributed by atoms with Crippen molar-refractivity contribution in [3.8, 4) is 79.7 Å². The topological polar surface area (TPSA) is 87.2 Å². The van der Waals surface area contributed by atoms with Gasteiger partial charge >= 0.3 is 0 Å². The first kappa shape index (κ1) is 39.0. The highest BCUT2D eigenvalue weighted by Crippen LogP contribution is 2.43. The maximum atomic E-state index is 5.35. The maximum Gasteiger partial charge on any atom is 0.238 e. The zero-order chi connectivity index (χ0) is 45.0. The Bertz CT molecular complexity index is 3940. The van der Waals surface area contributed by atoms with E-state index in [2.05, 4.69) is 149 Å². The van der Waals surface area contributed by atoms with E-state index in [1.165, 1.54) is 0 Å². The van der Waals surface area contributed by atoms with Crippen LogP contribution in [0, 0.1) is 0 Å². The summed E-state index contributed by atoms with van der Waals surface area (Å²) in [6, 6.07) is 79.3. The molecule has 0 bridgehead atoms. The van der Waals surface area contributed by atoms with Crippen LogP contribution in [0.15, 0.2) is 231 Å². The Labute approximate surface area is 391 Å². The summed E-state index contributed by atoms with van der Waals surface area (Å²) in [6.07, 6.45) is 0. The Morgan fingerprint density at radius 1 is 0.235 bits per heavy atom. The number of rotatable bonds is 8. The lowest BCUT2D eigenvalue weighted by Crippen LogP contribution is -2.06. The van der Waals surface area contributed by atoms with Gasteiger partial charge in [0.15, 0.2) is 29.1 Å². The van der Waals surface area contributed by atoms with Crippen molar-refractivity contribution in [2.24, 2.45) is 0 Å². The molecule has 8 heteroatoms. The molecule has 4 aromatic heterocycles. The van der Waals surface area contributed by atoms with Crippen LogP contribution in [-0.2, 0) is 0 Å². The molecule has 0 aliphatic rings. The van der Waals surface area contributed by atoms with Gasteiger partial charge in [-0.3, -0.25) is 4.57 Å². The van der Waals surface area contributed by atoms with Gasteiger partial charge in [0.2, 0.25) is 5.95 Å². The average molecular weight is 871 g/mol. The van der Waals surface area contributed by atoms with Crippen molar-refractivity contribution in [2.45, 2.75) is 0 Å². The van der Waals surface area contributed by atoms with Gasteiger partial charge in [-0.2, -0.15) is 9.97 Å². The molecule has 0 saturated heterocycles. The second-order valence-corrected chi connectivity index (χ2v) is 16.7. The predicted octanol–water partition coefficient (Wildman–Crippen LogP) is 14.3. The quantitative estimate of drug-likeness (QED) is 0.151. The Morgan fingerprint density at radius 2 is 0.603 bits per heavy atom. The molecule has 9 aromatic carbocycles. The Balaban J connectivity index is 0.996. The first-order valence-electron chi connectivity index (χ1n) is 22.6. The molecule has 68 heavy (non-hydrogen) atoms. The minimum absolute atomic E-state index is 0.547. The molecule has 0 aliphatic carbocycles. The summed E-state index contributed by atoms with van der Waals surface area (Å²) in [4.78, 5) is 30.7. The van der Waals surface area contributed by atoms with Gasteiger partial charge in [0.1, 0.15) is 0 Å². The second kappa shape index (κ2) is 16.2. The van der Waals surface area contributed by atoms with E-state index < -0.39 is 0 Å². The molecule has 0 atom stereocenters. The van der Waals surface area contributed by atoms with Crippen molar-refractivity contribution < 1.29 is 0 Å². The van der Waals surface area contributed by atoms with E-state index in [-0.39, 0.29) is 0 Å². The van der Waals surface area contributed by atoms with Gasteiger partial charge in [0, 0.05) is 55.0 Å². The molecule has 0 radical (unpaired) electrons. The summed E-state index contributed by atoms with van der Waals surface area (Å²) < 4.78 is 4.56. The van der Waals surface area contributed by atoms with Gasteiger partial charge in [0.25, 0.3) is 0 Å². The first-order chi connectivity index (χ1) is 33.7. The van der Waals surface area contributed by atoms with E-state index >= 15 is 0 Å². The summed E-state index contributed by atoms with van der Waals surface area (Å²) >= 11 is 0. The fourth-order valence-electron chi connectivity index (χ4n) is 9.56. The maximum absolute atomic E-state index is 5.35. The fourth-order valence-corrected chi connectivity index (χ4v) is 9.56. The monoisotopic (exact) mass is 870 g/mol. The first-order valence-corrected chi connectivity index (χ1v) is 22.6. The average Bonchev–Trinajstić information content (AvgIpc) is 3.94. The number of hydrogen-bond donors (Lipinski definition) is 0. The molecule has 0 spiro atoms. The van der Waals surface area contributed by atoms with E-state index in [1.54, 1.807) is 0 Å². The molecule has 8 nitrogen and oxygen atoms in total. The zero-order valence-electron chi connectivity index (χ0n) is 36.5. The van der Waals surface area contributed by atoms with E-state index in [9.17, 15) is 0 Å². The van der Waals surface area contributed by atoms with Crippen molar-refractivity contribution in [1.29, 1.82) is 0 Å². The van der Waals surface area contributed by atoms with Gasteiger partial charge in [-0.1, -0.05) is 182 Å². The normalized spacial score (nSPS) is 11.5. The van der Waals surface area contributed by atoms with Gasteiger partial charge < -0.3 is 4.57 Å². The van der Waals surface area contributed by atoms with Crippen LogP contribution in [0.1, 0.15) is 0 Å². The van der Waals surface area contributed by atoms with E-state index in [4.69, 9.17) is 29.9 Å². The van der Waals surface area contributed by atoms with E-state index in [0.717, 1.165) is 88.2 Å². The molecule has 13 rings (SSSR count). The molecule has 0 aliphatic heterocycles. The van der Waals surface area contributed by atoms with Gasteiger partial charge in [-0.15, -0.1) is 0 Å². The highest BCUT2D eigenvalue weighted by atomic mass is 15.2. The van der Waals surface area contributed by atoms with Gasteiger partial charge in [-0.25, -0.2) is 19.9 Å². The largest absolute Gasteiger partial charge is 0.309 e. The molecular formula is C60H38N8. The minimum atomic E-state index is 0.547. The molecule has 13 aromatic rings. The van der Waals surface area contributed by atoms with Crippen LogP contribution in [-0.4, -0.2) is 39.0 Å². The number of benzene rings is 9. The molecular weight excluding hydrogens is 833 g/mol. The molecule has 4 heterocycles. The van der Waals surface area contributed by atoms with Crippen molar-refractivity contribution in [1.82, 2.24) is 39.0 Å². The molecule has 0 unspecified atom stereocenters. The summed E-state index contributed by atoms with van der Waals surface area (Å²) in [5.74, 6) is 3.62. The number of hydrogen-bond acceptors (Lipinski definition) is 6. The molecule has 0 saturated carbocycles. The lowest BCUT2D eigenvalue weighted by atomic mass is 9.99. The van der Waals surface area contributed by atoms with Gasteiger partial charge in [0.05, 0.1) is 22.1 Å². The Morgan fingerprint density at radius 3 is 1.13 bits per heavy atom. The van der Waals surface area contributed by atoms with Crippen LogP contribution in [0.4, 0.5) is 0 Å². The lowest BCUT2D eigenvalue weighted by Gasteiger charge is -2.13. The molecule has 0 fully saturated rings. The Hall–Kier alpha value is -9.40. The molecule has 0 N–H and O–H groups in total. The van der Waals surface area contributed by atoms with Crippen molar-refractivity contribution in [2.75, 3.05) is 0 Å². The summed E-state index contributed by atoms with van der Waals surface area (Å²) in [5.41, 5.74) is 12.0. The number of para-hydroxylation sites is 2.